The maximum Gasteiger partial charge on any atom is 0.237 e. The third-order valence-electron chi connectivity index (χ3n) is 2.45. The lowest BCUT2D eigenvalue weighted by atomic mass is 10.1. The van der Waals surface area contributed by atoms with Gasteiger partial charge in [0.15, 0.2) is 0 Å². The Bertz CT molecular complexity index is 443. The fraction of sp³-hybridized carbons (Fsp3) is 0.357. The zero-order valence-corrected chi connectivity index (χ0v) is 10.7. The van der Waals surface area contributed by atoms with Crippen molar-refractivity contribution >= 4 is 5.91 Å². The molecule has 0 aliphatic carbocycles. The number of nitrogens with two attached hydrogens (primary N) is 1. The first kappa shape index (κ1) is 14.1. The molecule has 3 N–H and O–H groups in total. The molecule has 4 heteroatoms. The summed E-state index contributed by atoms with van der Waals surface area (Å²) in [6.45, 7) is 2.15. The van der Waals surface area contributed by atoms with E-state index >= 15 is 0 Å². The van der Waals surface area contributed by atoms with Gasteiger partial charge in [-0.1, -0.05) is 18.1 Å². The number of likely N-dealkylation sites (N-methyl/N-ethyl adjacent to an activating group) is 1. The van der Waals surface area contributed by atoms with Crippen molar-refractivity contribution in [2.24, 2.45) is 5.73 Å². The second kappa shape index (κ2) is 7.36. The van der Waals surface area contributed by atoms with E-state index in [1.54, 1.807) is 14.0 Å². The standard InChI is InChI=1S/C14H18N2O2/c1-3-4-9-18-12-7-5-11(6-8-12)10-13(15)14(17)16-2/h5-8,13H,9-10,15H2,1-2H3,(H,16,17)/t13-/m0/s1. The normalized spacial score (nSPS) is 11.1. The summed E-state index contributed by atoms with van der Waals surface area (Å²) in [6.07, 6.45) is 0.509. The summed E-state index contributed by atoms with van der Waals surface area (Å²) in [6, 6.07) is 6.98. The van der Waals surface area contributed by atoms with E-state index in [2.05, 4.69) is 17.2 Å². The van der Waals surface area contributed by atoms with Gasteiger partial charge in [0.1, 0.15) is 12.4 Å². The lowest BCUT2D eigenvalue weighted by Gasteiger charge is -2.10. The van der Waals surface area contributed by atoms with Crippen LogP contribution < -0.4 is 15.8 Å². The topological polar surface area (TPSA) is 64.3 Å². The Morgan fingerprint density at radius 1 is 1.44 bits per heavy atom. The highest BCUT2D eigenvalue weighted by Crippen LogP contribution is 2.13. The Hall–Kier alpha value is -1.99. The average Bonchev–Trinajstić information content (AvgIpc) is 2.40. The van der Waals surface area contributed by atoms with E-state index in [1.165, 1.54) is 0 Å². The monoisotopic (exact) mass is 246 g/mol. The van der Waals surface area contributed by atoms with Gasteiger partial charge in [-0.25, -0.2) is 0 Å². The van der Waals surface area contributed by atoms with E-state index in [0.717, 1.165) is 11.3 Å². The molecule has 96 valence electrons. The van der Waals surface area contributed by atoms with Crippen LogP contribution >= 0.6 is 0 Å². The summed E-state index contributed by atoms with van der Waals surface area (Å²) >= 11 is 0. The molecule has 1 amide bonds. The summed E-state index contributed by atoms with van der Waals surface area (Å²) in [5.41, 5.74) is 6.73. The van der Waals surface area contributed by atoms with Crippen molar-refractivity contribution in [1.82, 2.24) is 5.32 Å². The molecule has 18 heavy (non-hydrogen) atoms. The SMILES string of the molecule is CC#CCOc1ccc(C[C@H](N)C(=O)NC)cc1. The summed E-state index contributed by atoms with van der Waals surface area (Å²) in [5.74, 6) is 6.18. The number of nitrogens with one attached hydrogen (secondary N) is 1. The number of carbonyl (C=O) groups excluding carboxylic acids is 1. The fourth-order valence-electron chi connectivity index (χ4n) is 1.45. The van der Waals surface area contributed by atoms with Crippen LogP contribution in [-0.2, 0) is 11.2 Å². The molecule has 4 nitrogen and oxygen atoms in total. The quantitative estimate of drug-likeness (QED) is 0.752. The first-order chi connectivity index (χ1) is 8.67. The van der Waals surface area contributed by atoms with E-state index in [9.17, 15) is 4.79 Å². The van der Waals surface area contributed by atoms with E-state index in [4.69, 9.17) is 10.5 Å². The molecule has 0 unspecified atom stereocenters. The fourth-order valence-corrected chi connectivity index (χ4v) is 1.45. The smallest absolute Gasteiger partial charge is 0.237 e. The van der Waals surface area contributed by atoms with E-state index < -0.39 is 6.04 Å². The number of benzene rings is 1. The zero-order valence-electron chi connectivity index (χ0n) is 10.7. The predicted octanol–water partition coefficient (Wildman–Crippen LogP) is 0.704. The van der Waals surface area contributed by atoms with Crippen LogP contribution in [0, 0.1) is 11.8 Å². The van der Waals surface area contributed by atoms with Crippen LogP contribution in [0.15, 0.2) is 24.3 Å². The van der Waals surface area contributed by atoms with Gasteiger partial charge in [-0.15, -0.1) is 5.92 Å². The second-order valence-corrected chi connectivity index (χ2v) is 3.78. The highest BCUT2D eigenvalue weighted by molar-refractivity contribution is 5.81. The van der Waals surface area contributed by atoms with Crippen molar-refractivity contribution in [3.8, 4) is 17.6 Å². The zero-order chi connectivity index (χ0) is 13.4. The Morgan fingerprint density at radius 2 is 2.11 bits per heavy atom. The van der Waals surface area contributed by atoms with Crippen LogP contribution in [0.4, 0.5) is 0 Å². The number of hydrogen-bond donors (Lipinski definition) is 2. The van der Waals surface area contributed by atoms with Gasteiger partial charge < -0.3 is 15.8 Å². The molecule has 1 atom stereocenters. The summed E-state index contributed by atoms with van der Waals surface area (Å²) in [5, 5.41) is 2.53. The Labute approximate surface area is 108 Å². The maximum atomic E-state index is 11.3. The van der Waals surface area contributed by atoms with Crippen molar-refractivity contribution in [2.45, 2.75) is 19.4 Å². The highest BCUT2D eigenvalue weighted by Gasteiger charge is 2.11. The molecule has 1 aromatic rings. The third kappa shape index (κ3) is 4.48. The summed E-state index contributed by atoms with van der Waals surface area (Å²) in [4.78, 5) is 11.3. The Balaban J connectivity index is 2.53. The second-order valence-electron chi connectivity index (χ2n) is 3.78. The van der Waals surface area contributed by atoms with Gasteiger partial charge in [-0.2, -0.15) is 0 Å². The van der Waals surface area contributed by atoms with Gasteiger partial charge in [0, 0.05) is 7.05 Å². The van der Waals surface area contributed by atoms with Crippen molar-refractivity contribution in [1.29, 1.82) is 0 Å². The number of ether oxygens (including phenoxy) is 1. The van der Waals surface area contributed by atoms with E-state index in [1.807, 2.05) is 24.3 Å². The summed E-state index contributed by atoms with van der Waals surface area (Å²) < 4.78 is 5.39. The number of carbonyl (C=O) groups is 1. The molecular weight excluding hydrogens is 228 g/mol. The molecule has 0 radical (unpaired) electrons. The molecule has 0 saturated carbocycles. The van der Waals surface area contributed by atoms with Crippen molar-refractivity contribution in [3.63, 3.8) is 0 Å². The molecule has 0 aliphatic heterocycles. The Morgan fingerprint density at radius 3 is 2.67 bits per heavy atom. The molecule has 0 aliphatic rings. The minimum atomic E-state index is -0.521. The maximum absolute atomic E-state index is 11.3. The largest absolute Gasteiger partial charge is 0.481 e. The molecule has 0 aromatic heterocycles. The van der Waals surface area contributed by atoms with Crippen LogP contribution in [-0.4, -0.2) is 25.6 Å². The van der Waals surface area contributed by atoms with Crippen LogP contribution in [0.25, 0.3) is 0 Å². The van der Waals surface area contributed by atoms with Gasteiger partial charge in [-0.05, 0) is 31.0 Å². The molecule has 0 heterocycles. The molecule has 1 aromatic carbocycles. The minimum Gasteiger partial charge on any atom is -0.481 e. The van der Waals surface area contributed by atoms with Crippen LogP contribution in [0.5, 0.6) is 5.75 Å². The van der Waals surface area contributed by atoms with Crippen LogP contribution in [0.3, 0.4) is 0 Å². The predicted molar refractivity (Wildman–Crippen MR) is 71.1 cm³/mol. The van der Waals surface area contributed by atoms with E-state index in [-0.39, 0.29) is 5.91 Å². The molecule has 0 spiro atoms. The van der Waals surface area contributed by atoms with Gasteiger partial charge in [0.25, 0.3) is 0 Å². The molecular formula is C14H18N2O2. The number of hydrogen-bond acceptors (Lipinski definition) is 3. The van der Waals surface area contributed by atoms with Gasteiger partial charge in [-0.3, -0.25) is 4.79 Å². The van der Waals surface area contributed by atoms with Crippen LogP contribution in [0.1, 0.15) is 12.5 Å². The first-order valence-electron chi connectivity index (χ1n) is 5.76. The lowest BCUT2D eigenvalue weighted by molar-refractivity contribution is -0.121. The summed E-state index contributed by atoms with van der Waals surface area (Å²) in [7, 11) is 1.58. The van der Waals surface area contributed by atoms with Crippen LogP contribution in [0.2, 0.25) is 0 Å². The average molecular weight is 246 g/mol. The molecule has 0 saturated heterocycles. The number of amides is 1. The number of rotatable bonds is 5. The highest BCUT2D eigenvalue weighted by atomic mass is 16.5. The first-order valence-corrected chi connectivity index (χ1v) is 5.76. The van der Waals surface area contributed by atoms with E-state index in [0.29, 0.717) is 13.0 Å². The Kier molecular flexibility index (Phi) is 5.75. The van der Waals surface area contributed by atoms with Gasteiger partial charge in [0.2, 0.25) is 5.91 Å². The van der Waals surface area contributed by atoms with Gasteiger partial charge in [0.05, 0.1) is 6.04 Å². The van der Waals surface area contributed by atoms with Crippen molar-refractivity contribution in [3.05, 3.63) is 29.8 Å². The molecule has 0 fully saturated rings. The van der Waals surface area contributed by atoms with Gasteiger partial charge >= 0.3 is 0 Å². The molecule has 1 rings (SSSR count). The lowest BCUT2D eigenvalue weighted by Crippen LogP contribution is -2.40. The molecule has 0 bridgehead atoms. The third-order valence-corrected chi connectivity index (χ3v) is 2.45. The van der Waals surface area contributed by atoms with Crippen molar-refractivity contribution in [2.75, 3.05) is 13.7 Å². The van der Waals surface area contributed by atoms with Crippen molar-refractivity contribution < 1.29 is 9.53 Å². The minimum absolute atomic E-state index is 0.159.